The number of halogens is 2. The number of rotatable bonds is 5. The molecule has 1 unspecified atom stereocenters. The van der Waals surface area contributed by atoms with Crippen molar-refractivity contribution in [2.45, 2.75) is 31.1 Å². The Morgan fingerprint density at radius 2 is 1.95 bits per heavy atom. The van der Waals surface area contributed by atoms with Gasteiger partial charge in [0.15, 0.2) is 9.84 Å². The zero-order valence-corrected chi connectivity index (χ0v) is 13.4. The summed E-state index contributed by atoms with van der Waals surface area (Å²) in [4.78, 5) is 0. The Morgan fingerprint density at radius 3 is 2.37 bits per heavy atom. The lowest BCUT2D eigenvalue weighted by Gasteiger charge is -2.32. The number of hydrogen-bond acceptors (Lipinski definition) is 4. The van der Waals surface area contributed by atoms with Crippen molar-refractivity contribution in [3.05, 3.63) is 33.8 Å². The highest BCUT2D eigenvalue weighted by Crippen LogP contribution is 2.27. The largest absolute Gasteiger partial charge is 0.271 e. The Morgan fingerprint density at radius 1 is 1.37 bits per heavy atom. The summed E-state index contributed by atoms with van der Waals surface area (Å²) in [6.07, 6.45) is 1.59. The van der Waals surface area contributed by atoms with Gasteiger partial charge in [-0.2, -0.15) is 0 Å². The molecule has 1 aromatic rings. The Labute approximate surface area is 124 Å². The van der Waals surface area contributed by atoms with Crippen LogP contribution in [0.3, 0.4) is 0 Å². The molecule has 0 bridgehead atoms. The maximum absolute atomic E-state index is 11.8. The van der Waals surface area contributed by atoms with Crippen LogP contribution in [0, 0.1) is 0 Å². The van der Waals surface area contributed by atoms with Crippen LogP contribution in [-0.4, -0.2) is 25.5 Å². The predicted octanol–water partition coefficient (Wildman–Crippen LogP) is 2.19. The van der Waals surface area contributed by atoms with Gasteiger partial charge in [0.1, 0.15) is 0 Å². The predicted molar refractivity (Wildman–Crippen MR) is 80.2 cm³/mol. The quantitative estimate of drug-likeness (QED) is 0.643. The van der Waals surface area contributed by atoms with E-state index in [-0.39, 0.29) is 0 Å². The van der Waals surface area contributed by atoms with Crippen molar-refractivity contribution in [2.75, 3.05) is 6.26 Å². The maximum Gasteiger partial charge on any atom is 0.154 e. The summed E-state index contributed by atoms with van der Waals surface area (Å²) < 4.78 is 22.7. The lowest BCUT2D eigenvalue weighted by atomic mass is 9.96. The maximum atomic E-state index is 11.8. The van der Waals surface area contributed by atoms with Gasteiger partial charge < -0.3 is 0 Å². The topological polar surface area (TPSA) is 72.2 Å². The first-order valence-corrected chi connectivity index (χ1v) is 8.34. The van der Waals surface area contributed by atoms with Crippen LogP contribution in [0.2, 0.25) is 10.0 Å². The third-order valence-electron chi connectivity index (χ3n) is 3.44. The Hall–Kier alpha value is -0.330. The van der Waals surface area contributed by atoms with Gasteiger partial charge in [-0.05, 0) is 38.0 Å². The molecule has 1 rings (SSSR count). The average Bonchev–Trinajstić information content (AvgIpc) is 2.26. The molecule has 4 nitrogen and oxygen atoms in total. The van der Waals surface area contributed by atoms with Gasteiger partial charge in [0, 0.05) is 22.3 Å². The summed E-state index contributed by atoms with van der Waals surface area (Å²) in [5.41, 5.74) is 3.37. The summed E-state index contributed by atoms with van der Waals surface area (Å²) in [7, 11) is -3.27. The van der Waals surface area contributed by atoms with E-state index in [4.69, 9.17) is 29.0 Å². The van der Waals surface area contributed by atoms with Crippen LogP contribution in [-0.2, 0) is 16.3 Å². The van der Waals surface area contributed by atoms with Gasteiger partial charge in [0.05, 0.1) is 4.75 Å². The fourth-order valence-electron chi connectivity index (χ4n) is 1.67. The summed E-state index contributed by atoms with van der Waals surface area (Å²) in [5.74, 6) is 5.50. The number of nitrogens with two attached hydrogens (primary N) is 1. The first kappa shape index (κ1) is 16.7. The molecule has 108 valence electrons. The molecule has 0 saturated carbocycles. The highest BCUT2D eigenvalue weighted by molar-refractivity contribution is 7.92. The normalized spacial score (nSPS) is 14.4. The molecule has 0 heterocycles. The molecule has 3 N–H and O–H groups in total. The third-order valence-corrected chi connectivity index (χ3v) is 6.22. The summed E-state index contributed by atoms with van der Waals surface area (Å²) in [5, 5.41) is 1.03. The van der Waals surface area contributed by atoms with E-state index in [0.29, 0.717) is 16.5 Å². The van der Waals surface area contributed by atoms with Crippen molar-refractivity contribution in [3.8, 4) is 0 Å². The van der Waals surface area contributed by atoms with E-state index in [1.54, 1.807) is 32.0 Å². The van der Waals surface area contributed by atoms with Gasteiger partial charge in [-0.25, -0.2) is 8.42 Å². The van der Waals surface area contributed by atoms with Crippen LogP contribution in [0.15, 0.2) is 18.2 Å². The minimum absolute atomic E-state index is 0.395. The molecular weight excluding hydrogens is 307 g/mol. The zero-order chi connectivity index (χ0) is 14.8. The van der Waals surface area contributed by atoms with Crippen molar-refractivity contribution >= 4 is 33.0 Å². The molecule has 0 radical (unpaired) electrons. The van der Waals surface area contributed by atoms with E-state index in [1.165, 1.54) is 6.26 Å². The van der Waals surface area contributed by atoms with Crippen molar-refractivity contribution in [2.24, 2.45) is 5.84 Å². The van der Waals surface area contributed by atoms with Crippen LogP contribution in [0.25, 0.3) is 0 Å². The van der Waals surface area contributed by atoms with E-state index >= 15 is 0 Å². The standard InChI is InChI=1S/C12H18Cl2N2O2S/c1-12(2,19(3,17)18)11(16-15)6-8-4-5-9(13)7-10(8)14/h4-5,7,11,16H,6,15H2,1-3H3. The molecule has 0 saturated heterocycles. The van der Waals surface area contributed by atoms with Gasteiger partial charge in [0.2, 0.25) is 0 Å². The van der Waals surface area contributed by atoms with Crippen LogP contribution in [0.4, 0.5) is 0 Å². The lowest BCUT2D eigenvalue weighted by molar-refractivity contribution is 0.413. The van der Waals surface area contributed by atoms with E-state index in [0.717, 1.165) is 5.56 Å². The van der Waals surface area contributed by atoms with Crippen LogP contribution >= 0.6 is 23.2 Å². The minimum atomic E-state index is -3.27. The number of hydrogen-bond donors (Lipinski definition) is 2. The van der Waals surface area contributed by atoms with Crippen LogP contribution < -0.4 is 11.3 Å². The second-order valence-electron chi connectivity index (χ2n) is 5.03. The minimum Gasteiger partial charge on any atom is -0.271 e. The Bertz CT molecular complexity index is 559. The lowest BCUT2D eigenvalue weighted by Crippen LogP contribution is -2.55. The second-order valence-corrected chi connectivity index (χ2v) is 8.47. The van der Waals surface area contributed by atoms with E-state index in [9.17, 15) is 8.42 Å². The Kier molecular flexibility index (Phi) is 5.26. The molecule has 0 aliphatic carbocycles. The summed E-state index contributed by atoms with van der Waals surface area (Å²) in [6, 6.07) is 4.65. The second kappa shape index (κ2) is 5.97. The first-order chi connectivity index (χ1) is 8.59. The number of benzene rings is 1. The molecule has 1 aromatic carbocycles. The molecule has 0 aliphatic rings. The fraction of sp³-hybridized carbons (Fsp3) is 0.500. The molecule has 7 heteroatoms. The molecule has 0 aliphatic heterocycles. The van der Waals surface area contributed by atoms with Crippen LogP contribution in [0.1, 0.15) is 19.4 Å². The number of sulfone groups is 1. The summed E-state index contributed by atoms with van der Waals surface area (Å²) in [6.45, 7) is 3.27. The van der Waals surface area contributed by atoms with E-state index < -0.39 is 20.6 Å². The van der Waals surface area contributed by atoms with E-state index in [2.05, 4.69) is 5.43 Å². The third kappa shape index (κ3) is 3.83. The van der Waals surface area contributed by atoms with Crippen molar-refractivity contribution in [1.82, 2.24) is 5.43 Å². The zero-order valence-electron chi connectivity index (χ0n) is 11.1. The molecule has 0 aromatic heterocycles. The number of nitrogens with one attached hydrogen (secondary N) is 1. The van der Waals surface area contributed by atoms with Gasteiger partial charge in [-0.3, -0.25) is 11.3 Å². The molecule has 19 heavy (non-hydrogen) atoms. The van der Waals surface area contributed by atoms with Gasteiger partial charge in [-0.1, -0.05) is 29.3 Å². The summed E-state index contributed by atoms with van der Waals surface area (Å²) >= 11 is 11.9. The molecule has 0 fully saturated rings. The van der Waals surface area contributed by atoms with Crippen molar-refractivity contribution in [1.29, 1.82) is 0 Å². The van der Waals surface area contributed by atoms with Crippen LogP contribution in [0.5, 0.6) is 0 Å². The smallest absolute Gasteiger partial charge is 0.154 e. The molecule has 0 amide bonds. The highest BCUT2D eigenvalue weighted by atomic mass is 35.5. The number of hydrazine groups is 1. The van der Waals surface area contributed by atoms with Crippen molar-refractivity contribution < 1.29 is 8.42 Å². The fourth-order valence-corrected chi connectivity index (χ4v) is 2.82. The van der Waals surface area contributed by atoms with E-state index in [1.807, 2.05) is 0 Å². The monoisotopic (exact) mass is 324 g/mol. The molecule has 0 spiro atoms. The first-order valence-electron chi connectivity index (χ1n) is 5.69. The highest BCUT2D eigenvalue weighted by Gasteiger charge is 2.38. The molecule has 1 atom stereocenters. The Balaban J connectivity index is 3.07. The van der Waals surface area contributed by atoms with Gasteiger partial charge >= 0.3 is 0 Å². The average molecular weight is 325 g/mol. The SMILES string of the molecule is CC(C)(C(Cc1ccc(Cl)cc1Cl)NN)S(C)(=O)=O. The van der Waals surface area contributed by atoms with Crippen molar-refractivity contribution in [3.63, 3.8) is 0 Å². The van der Waals surface area contributed by atoms with Gasteiger partial charge in [-0.15, -0.1) is 0 Å². The van der Waals surface area contributed by atoms with Gasteiger partial charge in [0.25, 0.3) is 0 Å². The molecular formula is C12H18Cl2N2O2S.